The molecule has 4 heteroatoms. The minimum Gasteiger partial charge on any atom is -0.211 e. The average Bonchev–Trinajstić information content (AvgIpc) is 2.26. The number of nitrogens with zero attached hydrogens (tertiary/aromatic N) is 2. The van der Waals surface area contributed by atoms with Crippen LogP contribution in [0.2, 0.25) is 0 Å². The zero-order chi connectivity index (χ0) is 11.7. The van der Waals surface area contributed by atoms with Gasteiger partial charge in [-0.15, -0.1) is 0 Å². The first-order valence-corrected chi connectivity index (χ1v) is 5.36. The summed E-state index contributed by atoms with van der Waals surface area (Å²) in [6, 6.07) is -0.253. The van der Waals surface area contributed by atoms with E-state index in [1.165, 1.54) is 0 Å². The Labute approximate surface area is 90.5 Å². The number of rotatable bonds is 7. The van der Waals surface area contributed by atoms with Crippen molar-refractivity contribution in [3.63, 3.8) is 0 Å². The first kappa shape index (κ1) is 13.8. The number of aliphatic imine (C=N–C) groups is 2. The summed E-state index contributed by atoms with van der Waals surface area (Å²) in [7, 11) is 0. The molecular formula is C11H18N2O2. The molecule has 0 aromatic carbocycles. The Balaban J connectivity index is 5.12. The number of hydrogen-bond donors (Lipinski definition) is 0. The lowest BCUT2D eigenvalue weighted by molar-refractivity contribution is 0.308. The summed E-state index contributed by atoms with van der Waals surface area (Å²) in [4.78, 5) is 28.4. The van der Waals surface area contributed by atoms with Crippen molar-refractivity contribution in [2.45, 2.75) is 58.0 Å². The van der Waals surface area contributed by atoms with Crippen molar-refractivity contribution in [3.05, 3.63) is 0 Å². The van der Waals surface area contributed by atoms with Gasteiger partial charge in [0.1, 0.15) is 0 Å². The summed E-state index contributed by atoms with van der Waals surface area (Å²) in [6.45, 7) is 5.88. The van der Waals surface area contributed by atoms with Crippen molar-refractivity contribution < 1.29 is 9.59 Å². The van der Waals surface area contributed by atoms with Gasteiger partial charge in [-0.25, -0.2) is 9.59 Å². The largest absolute Gasteiger partial charge is 0.235 e. The first-order valence-electron chi connectivity index (χ1n) is 5.36. The van der Waals surface area contributed by atoms with Gasteiger partial charge in [-0.05, 0) is 19.3 Å². The molecule has 0 aliphatic heterocycles. The zero-order valence-corrected chi connectivity index (χ0v) is 9.62. The van der Waals surface area contributed by atoms with E-state index < -0.39 is 5.54 Å². The predicted octanol–water partition coefficient (Wildman–Crippen LogP) is 2.39. The van der Waals surface area contributed by atoms with Crippen LogP contribution in [0, 0.1) is 0 Å². The molecule has 0 aromatic heterocycles. The van der Waals surface area contributed by atoms with Crippen LogP contribution in [-0.2, 0) is 9.59 Å². The van der Waals surface area contributed by atoms with Gasteiger partial charge in [-0.1, -0.05) is 27.2 Å². The van der Waals surface area contributed by atoms with Gasteiger partial charge in [-0.3, -0.25) is 0 Å². The fourth-order valence-corrected chi connectivity index (χ4v) is 1.84. The van der Waals surface area contributed by atoms with Crippen LogP contribution in [0.15, 0.2) is 9.98 Å². The fourth-order valence-electron chi connectivity index (χ4n) is 1.84. The molecular weight excluding hydrogens is 192 g/mol. The minimum absolute atomic E-state index is 0.253. The maximum atomic E-state index is 10.4. The van der Waals surface area contributed by atoms with Gasteiger partial charge in [0, 0.05) is 0 Å². The summed E-state index contributed by atoms with van der Waals surface area (Å²) < 4.78 is 0. The highest BCUT2D eigenvalue weighted by atomic mass is 16.1. The fraction of sp³-hybridized carbons (Fsp3) is 0.818. The van der Waals surface area contributed by atoms with Gasteiger partial charge in [0.05, 0.1) is 11.6 Å². The highest BCUT2D eigenvalue weighted by Gasteiger charge is 2.35. The Morgan fingerprint density at radius 2 is 1.73 bits per heavy atom. The molecule has 0 aromatic rings. The van der Waals surface area contributed by atoms with E-state index in [-0.39, 0.29) is 6.04 Å². The third-order valence-electron chi connectivity index (χ3n) is 2.88. The normalized spacial score (nSPS) is 12.5. The van der Waals surface area contributed by atoms with Gasteiger partial charge < -0.3 is 0 Å². The molecule has 1 unspecified atom stereocenters. The summed E-state index contributed by atoms with van der Waals surface area (Å²) in [5.41, 5.74) is -0.574. The average molecular weight is 210 g/mol. The monoisotopic (exact) mass is 210 g/mol. The molecule has 0 spiro atoms. The Morgan fingerprint density at radius 1 is 1.13 bits per heavy atom. The van der Waals surface area contributed by atoms with Crippen molar-refractivity contribution in [3.8, 4) is 0 Å². The number of carbonyl (C=O) groups excluding carboxylic acids is 2. The van der Waals surface area contributed by atoms with Crippen molar-refractivity contribution in [2.75, 3.05) is 0 Å². The zero-order valence-electron chi connectivity index (χ0n) is 9.62. The van der Waals surface area contributed by atoms with E-state index in [0.29, 0.717) is 12.8 Å². The number of hydrogen-bond acceptors (Lipinski definition) is 4. The van der Waals surface area contributed by atoms with E-state index in [9.17, 15) is 9.59 Å². The number of isocyanates is 2. The van der Waals surface area contributed by atoms with E-state index in [0.717, 1.165) is 12.8 Å². The van der Waals surface area contributed by atoms with Crippen molar-refractivity contribution in [1.82, 2.24) is 0 Å². The Morgan fingerprint density at radius 3 is 2.07 bits per heavy atom. The van der Waals surface area contributed by atoms with Crippen LogP contribution in [0.1, 0.15) is 46.5 Å². The second-order valence-electron chi connectivity index (χ2n) is 3.54. The lowest BCUT2D eigenvalue weighted by atomic mass is 9.83. The smallest absolute Gasteiger partial charge is 0.211 e. The highest BCUT2D eigenvalue weighted by Crippen LogP contribution is 2.29. The molecule has 0 saturated heterocycles. The highest BCUT2D eigenvalue weighted by molar-refractivity contribution is 5.37. The summed E-state index contributed by atoms with van der Waals surface area (Å²) in [6.07, 6.45) is 6.15. The third kappa shape index (κ3) is 3.43. The van der Waals surface area contributed by atoms with Crippen LogP contribution in [0.25, 0.3) is 0 Å². The molecule has 84 valence electrons. The van der Waals surface area contributed by atoms with Crippen molar-refractivity contribution in [1.29, 1.82) is 0 Å². The van der Waals surface area contributed by atoms with Crippen LogP contribution >= 0.6 is 0 Å². The summed E-state index contributed by atoms with van der Waals surface area (Å²) in [5, 5.41) is 0. The second-order valence-corrected chi connectivity index (χ2v) is 3.54. The second kappa shape index (κ2) is 7.10. The molecule has 0 heterocycles. The quantitative estimate of drug-likeness (QED) is 0.478. The minimum atomic E-state index is -0.574. The lowest BCUT2D eigenvalue weighted by Crippen LogP contribution is -2.38. The summed E-state index contributed by atoms with van der Waals surface area (Å²) in [5.74, 6) is 0. The molecule has 0 bridgehead atoms. The van der Waals surface area contributed by atoms with Gasteiger partial charge in [0.25, 0.3) is 0 Å². The molecule has 0 amide bonds. The van der Waals surface area contributed by atoms with Gasteiger partial charge >= 0.3 is 0 Å². The van der Waals surface area contributed by atoms with E-state index in [2.05, 4.69) is 9.98 Å². The topological polar surface area (TPSA) is 58.9 Å². The summed E-state index contributed by atoms with van der Waals surface area (Å²) >= 11 is 0. The molecule has 0 radical (unpaired) electrons. The maximum absolute atomic E-state index is 10.4. The van der Waals surface area contributed by atoms with Crippen LogP contribution in [0.3, 0.4) is 0 Å². The molecule has 0 N–H and O–H groups in total. The lowest BCUT2D eigenvalue weighted by Gasteiger charge is -2.30. The molecule has 4 nitrogen and oxygen atoms in total. The van der Waals surface area contributed by atoms with E-state index in [4.69, 9.17) is 0 Å². The van der Waals surface area contributed by atoms with Gasteiger partial charge in [-0.2, -0.15) is 9.98 Å². The van der Waals surface area contributed by atoms with Crippen LogP contribution in [0.5, 0.6) is 0 Å². The first-order chi connectivity index (χ1) is 7.20. The van der Waals surface area contributed by atoms with E-state index in [1.807, 2.05) is 20.8 Å². The molecule has 0 aliphatic carbocycles. The van der Waals surface area contributed by atoms with Gasteiger partial charge in [0.2, 0.25) is 12.2 Å². The Hall–Kier alpha value is -1.24. The maximum Gasteiger partial charge on any atom is 0.235 e. The van der Waals surface area contributed by atoms with E-state index >= 15 is 0 Å². The standard InChI is InChI=1S/C11H18N2O2/c1-4-7-10(12-8-14)11(5-2,6-3)13-9-15/h10H,4-7H2,1-3H3. The molecule has 0 rings (SSSR count). The van der Waals surface area contributed by atoms with Crippen LogP contribution in [-0.4, -0.2) is 23.7 Å². The van der Waals surface area contributed by atoms with Crippen LogP contribution < -0.4 is 0 Å². The van der Waals surface area contributed by atoms with Crippen molar-refractivity contribution >= 4 is 12.2 Å². The van der Waals surface area contributed by atoms with Crippen LogP contribution in [0.4, 0.5) is 0 Å². The predicted molar refractivity (Wildman–Crippen MR) is 58.3 cm³/mol. The Kier molecular flexibility index (Phi) is 6.52. The molecule has 15 heavy (non-hydrogen) atoms. The SMILES string of the molecule is CCCC(N=C=O)C(CC)(CC)N=C=O. The molecule has 0 aliphatic rings. The van der Waals surface area contributed by atoms with Gasteiger partial charge in [0.15, 0.2) is 0 Å². The van der Waals surface area contributed by atoms with E-state index in [1.54, 1.807) is 12.2 Å². The molecule has 0 saturated carbocycles. The van der Waals surface area contributed by atoms with Crippen molar-refractivity contribution in [2.24, 2.45) is 9.98 Å². The third-order valence-corrected chi connectivity index (χ3v) is 2.88. The molecule has 0 fully saturated rings. The molecule has 1 atom stereocenters. The Bertz CT molecular complexity index is 272.